The van der Waals surface area contributed by atoms with Gasteiger partial charge in [-0.1, -0.05) is 73.1 Å². The predicted octanol–water partition coefficient (Wildman–Crippen LogP) is 9.52. The Morgan fingerprint density at radius 1 is 0.885 bits per heavy atom. The Balaban J connectivity index is 1.09. The normalized spacial score (nSPS) is 15.9. The molecule has 4 aromatic rings. The van der Waals surface area contributed by atoms with Crippen molar-refractivity contribution in [3.63, 3.8) is 0 Å². The zero-order valence-corrected chi connectivity index (χ0v) is 37.6. The largest absolute Gasteiger partial charge is 0.445 e. The third-order valence-electron chi connectivity index (χ3n) is 11.2. The molecule has 3 amide bonds. The molecule has 1 N–H and O–H groups in total. The highest BCUT2D eigenvalue weighted by Gasteiger charge is 2.37. The number of piperidine rings is 1. The van der Waals surface area contributed by atoms with Crippen LogP contribution in [0.4, 0.5) is 19.7 Å². The summed E-state index contributed by atoms with van der Waals surface area (Å²) < 4.78 is 25.2. The summed E-state index contributed by atoms with van der Waals surface area (Å²) in [5.41, 5.74) is 5.19. The van der Waals surface area contributed by atoms with Crippen LogP contribution in [0.1, 0.15) is 57.2 Å². The van der Waals surface area contributed by atoms with E-state index in [4.69, 9.17) is 21.1 Å². The van der Waals surface area contributed by atoms with Crippen LogP contribution in [0, 0.1) is 11.7 Å². The number of likely N-dealkylation sites (tertiary alicyclic amines) is 1. The number of piperazine rings is 1. The minimum atomic E-state index is -0.716. The molecule has 326 valence electrons. The summed E-state index contributed by atoms with van der Waals surface area (Å²) >= 11 is 8.18. The van der Waals surface area contributed by atoms with Crippen molar-refractivity contribution in [2.24, 2.45) is 5.92 Å². The van der Waals surface area contributed by atoms with Gasteiger partial charge in [-0.2, -0.15) is 0 Å². The second kappa shape index (κ2) is 21.4. The highest BCUT2D eigenvalue weighted by atomic mass is 35.5. The molecular formula is C48H59ClFN5O5S. The Morgan fingerprint density at radius 2 is 1.62 bits per heavy atom. The third kappa shape index (κ3) is 13.2. The summed E-state index contributed by atoms with van der Waals surface area (Å²) in [5, 5.41) is 3.65. The lowest BCUT2D eigenvalue weighted by atomic mass is 9.88. The molecule has 4 aromatic carbocycles. The van der Waals surface area contributed by atoms with Crippen LogP contribution in [-0.4, -0.2) is 103 Å². The van der Waals surface area contributed by atoms with E-state index in [0.717, 1.165) is 83.0 Å². The van der Waals surface area contributed by atoms with E-state index < -0.39 is 23.8 Å². The van der Waals surface area contributed by atoms with Crippen LogP contribution in [0.25, 0.3) is 11.1 Å². The quantitative estimate of drug-likeness (QED) is 0.125. The van der Waals surface area contributed by atoms with E-state index in [-0.39, 0.29) is 24.2 Å². The van der Waals surface area contributed by atoms with Crippen molar-refractivity contribution in [3.8, 4) is 11.1 Å². The number of anilines is 1. The van der Waals surface area contributed by atoms with Gasteiger partial charge in [0.2, 0.25) is 5.91 Å². The topological polar surface area (TPSA) is 94.7 Å². The van der Waals surface area contributed by atoms with Gasteiger partial charge in [-0.05, 0) is 129 Å². The van der Waals surface area contributed by atoms with Crippen molar-refractivity contribution in [2.75, 3.05) is 63.5 Å². The molecule has 0 unspecified atom stereocenters. The highest BCUT2D eigenvalue weighted by molar-refractivity contribution is 7.99. The lowest BCUT2D eigenvalue weighted by Gasteiger charge is -2.40. The molecule has 10 nitrogen and oxygen atoms in total. The summed E-state index contributed by atoms with van der Waals surface area (Å²) in [6.07, 6.45) is 1.20. The van der Waals surface area contributed by atoms with Crippen LogP contribution in [-0.2, 0) is 33.8 Å². The van der Waals surface area contributed by atoms with Crippen molar-refractivity contribution in [3.05, 3.63) is 119 Å². The van der Waals surface area contributed by atoms with Crippen LogP contribution in [0.5, 0.6) is 0 Å². The maximum absolute atomic E-state index is 14.3. The second-order valence-corrected chi connectivity index (χ2v) is 18.5. The molecule has 0 saturated carbocycles. The number of benzene rings is 4. The van der Waals surface area contributed by atoms with E-state index in [2.05, 4.69) is 22.0 Å². The number of carbonyl (C=O) groups is 3. The van der Waals surface area contributed by atoms with Gasteiger partial charge in [-0.3, -0.25) is 14.6 Å². The Hall–Kier alpha value is -4.62. The molecule has 13 heteroatoms. The molecular weight excluding hydrogens is 813 g/mol. The number of carbonyl (C=O) groups excluding carboxylic acids is 3. The van der Waals surface area contributed by atoms with E-state index in [1.165, 1.54) is 11.0 Å². The maximum Gasteiger partial charge on any atom is 0.414 e. The van der Waals surface area contributed by atoms with Crippen molar-refractivity contribution >= 4 is 47.1 Å². The van der Waals surface area contributed by atoms with Gasteiger partial charge in [-0.25, -0.2) is 14.0 Å². The number of rotatable bonds is 14. The van der Waals surface area contributed by atoms with Crippen LogP contribution in [0.3, 0.4) is 0 Å². The monoisotopic (exact) mass is 871 g/mol. The van der Waals surface area contributed by atoms with Crippen molar-refractivity contribution in [1.82, 2.24) is 20.0 Å². The van der Waals surface area contributed by atoms with Crippen molar-refractivity contribution < 1.29 is 28.2 Å². The summed E-state index contributed by atoms with van der Waals surface area (Å²) in [6, 6.07) is 27.5. The fourth-order valence-corrected chi connectivity index (χ4v) is 8.96. The number of hydrogen-bond donors (Lipinski definition) is 1. The standard InChI is InChI=1S/C48H59ClFN5O5S/c1-6-61-43-31-40(50)17-15-38(43)32-54-25-27-55(28-26-54)45(56)44(51-46(57)59-33-34-11-8-7-9-12-34)35-19-22-53(23-20-35)24-21-37-29-39(49)16-18-42(37)36-13-10-14-41(30-36)52(5)47(58)60-48(2,3)4/h7-18,29-31,35,44H,6,19-28,32-33H2,1-5H3,(H,51,57)/t44-/m1/s1. The van der Waals surface area contributed by atoms with Crippen molar-refractivity contribution in [2.45, 2.75) is 76.6 Å². The molecule has 2 saturated heterocycles. The fourth-order valence-electron chi connectivity index (χ4n) is 7.94. The van der Waals surface area contributed by atoms with Gasteiger partial charge in [-0.15, -0.1) is 11.8 Å². The van der Waals surface area contributed by atoms with Gasteiger partial charge in [0, 0.05) is 61.9 Å². The van der Waals surface area contributed by atoms with Gasteiger partial charge in [0.25, 0.3) is 0 Å². The molecule has 2 fully saturated rings. The molecule has 0 bridgehead atoms. The van der Waals surface area contributed by atoms with E-state index in [0.29, 0.717) is 37.7 Å². The summed E-state index contributed by atoms with van der Waals surface area (Å²) in [5.74, 6) is 0.476. The third-order valence-corrected chi connectivity index (χ3v) is 12.5. The smallest absolute Gasteiger partial charge is 0.414 e. The summed E-state index contributed by atoms with van der Waals surface area (Å²) in [4.78, 5) is 49.5. The molecule has 0 radical (unpaired) electrons. The van der Waals surface area contributed by atoms with Crippen LogP contribution >= 0.6 is 23.4 Å². The van der Waals surface area contributed by atoms with E-state index >= 15 is 0 Å². The first-order valence-corrected chi connectivity index (χ1v) is 22.6. The lowest BCUT2D eigenvalue weighted by Crippen LogP contribution is -2.58. The molecule has 6 rings (SSSR count). The number of ether oxygens (including phenoxy) is 2. The Morgan fingerprint density at radius 3 is 2.33 bits per heavy atom. The van der Waals surface area contributed by atoms with E-state index in [9.17, 15) is 18.8 Å². The Bertz CT molecular complexity index is 2100. The Labute approximate surface area is 369 Å². The van der Waals surface area contributed by atoms with E-state index in [1.54, 1.807) is 24.9 Å². The fraction of sp³-hybridized carbons (Fsp3) is 0.438. The SMILES string of the molecule is CCSc1cc(F)ccc1CN1CCN(C(=O)[C@H](NC(=O)OCc2ccccc2)C2CCN(CCc3cc(Cl)ccc3-c3cccc(N(C)C(=O)OC(C)(C)C)c3)CC2)CC1. The molecule has 0 aliphatic carbocycles. The summed E-state index contributed by atoms with van der Waals surface area (Å²) in [6.45, 7) is 13.2. The van der Waals surface area contributed by atoms with Crippen LogP contribution < -0.4 is 10.2 Å². The molecule has 61 heavy (non-hydrogen) atoms. The minimum Gasteiger partial charge on any atom is -0.445 e. The number of alkyl carbamates (subject to hydrolysis) is 1. The number of hydrogen-bond acceptors (Lipinski definition) is 8. The maximum atomic E-state index is 14.3. The molecule has 2 aliphatic rings. The number of halogens is 2. The summed E-state index contributed by atoms with van der Waals surface area (Å²) in [7, 11) is 1.71. The lowest BCUT2D eigenvalue weighted by molar-refractivity contribution is -0.137. The average molecular weight is 873 g/mol. The van der Waals surface area contributed by atoms with Gasteiger partial charge >= 0.3 is 12.2 Å². The van der Waals surface area contributed by atoms with Gasteiger partial charge in [0.05, 0.1) is 0 Å². The van der Waals surface area contributed by atoms with Gasteiger partial charge < -0.3 is 24.6 Å². The van der Waals surface area contributed by atoms with Crippen molar-refractivity contribution in [1.29, 1.82) is 0 Å². The number of nitrogens with zero attached hydrogens (tertiary/aromatic N) is 4. The van der Waals surface area contributed by atoms with Gasteiger partial charge in [0.1, 0.15) is 24.1 Å². The first-order chi connectivity index (χ1) is 29.3. The molecule has 2 heterocycles. The van der Waals surface area contributed by atoms with Crippen LogP contribution in [0.2, 0.25) is 5.02 Å². The number of nitrogens with one attached hydrogen (secondary N) is 1. The zero-order chi connectivity index (χ0) is 43.5. The van der Waals surface area contributed by atoms with Gasteiger partial charge in [0.15, 0.2) is 0 Å². The molecule has 0 spiro atoms. The molecule has 0 aromatic heterocycles. The number of amides is 3. The zero-order valence-electron chi connectivity index (χ0n) is 36.0. The van der Waals surface area contributed by atoms with Crippen LogP contribution in [0.15, 0.2) is 95.9 Å². The second-order valence-electron chi connectivity index (χ2n) is 16.8. The number of thioether (sulfide) groups is 1. The van der Waals surface area contributed by atoms with E-state index in [1.807, 2.05) is 105 Å². The minimum absolute atomic E-state index is 0.0645. The molecule has 1 atom stereocenters. The first-order valence-electron chi connectivity index (χ1n) is 21.2. The average Bonchev–Trinajstić information content (AvgIpc) is 3.25. The Kier molecular flexibility index (Phi) is 16.1. The highest BCUT2D eigenvalue weighted by Crippen LogP contribution is 2.32. The predicted molar refractivity (Wildman–Crippen MR) is 243 cm³/mol. The first kappa shape index (κ1) is 45.9. The molecule has 2 aliphatic heterocycles.